The van der Waals surface area contributed by atoms with Gasteiger partial charge in [0.1, 0.15) is 0 Å². The third-order valence-electron chi connectivity index (χ3n) is 2.49. The maximum atomic E-state index is 10.9. The van der Waals surface area contributed by atoms with Gasteiger partial charge in [0.15, 0.2) is 0 Å². The minimum atomic E-state index is -1.05. The Morgan fingerprint density at radius 1 is 1.44 bits per heavy atom. The predicted octanol–water partition coefficient (Wildman–Crippen LogP) is 3.16. The fourth-order valence-electron chi connectivity index (χ4n) is 1.59. The van der Waals surface area contributed by atoms with Crippen molar-refractivity contribution in [3.63, 3.8) is 0 Å². The van der Waals surface area contributed by atoms with Gasteiger partial charge in [0.25, 0.3) is 0 Å². The molecule has 2 aromatic rings. The van der Waals surface area contributed by atoms with Crippen LogP contribution in [0.1, 0.15) is 21.7 Å². The minimum absolute atomic E-state index is 0.00631. The number of nitrogens with two attached hydrogens (primary N) is 1. The number of furan rings is 1. The third kappa shape index (κ3) is 2.68. The van der Waals surface area contributed by atoms with Crippen molar-refractivity contribution in [3.05, 3.63) is 47.4 Å². The smallest absolute Gasteiger partial charge is 0.372 e. The van der Waals surface area contributed by atoms with Gasteiger partial charge in [-0.2, -0.15) is 0 Å². The number of carboxylic acid groups (broad SMARTS) is 1. The van der Waals surface area contributed by atoms with Crippen molar-refractivity contribution < 1.29 is 14.3 Å². The van der Waals surface area contributed by atoms with Gasteiger partial charge in [-0.1, -0.05) is 6.07 Å². The van der Waals surface area contributed by atoms with Gasteiger partial charge in [0.2, 0.25) is 5.76 Å². The second kappa shape index (κ2) is 5.18. The Labute approximate surface area is 109 Å². The van der Waals surface area contributed by atoms with E-state index in [4.69, 9.17) is 15.3 Å². The Hall–Kier alpha value is -1.88. The van der Waals surface area contributed by atoms with Gasteiger partial charge in [-0.05, 0) is 30.7 Å². The summed E-state index contributed by atoms with van der Waals surface area (Å²) < 4.78 is 4.92. The Balaban J connectivity index is 2.11. The number of nitrogen functional groups attached to an aromatic ring is 1. The van der Waals surface area contributed by atoms with Crippen molar-refractivity contribution in [2.24, 2.45) is 0 Å². The van der Waals surface area contributed by atoms with Crippen LogP contribution in [-0.2, 0) is 5.75 Å². The predicted molar refractivity (Wildman–Crippen MR) is 70.8 cm³/mol. The van der Waals surface area contributed by atoms with Crippen LogP contribution in [0.2, 0.25) is 0 Å². The molecule has 0 aliphatic carbocycles. The van der Waals surface area contributed by atoms with Crippen molar-refractivity contribution in [2.45, 2.75) is 17.6 Å². The van der Waals surface area contributed by atoms with E-state index in [2.05, 4.69) is 0 Å². The number of carbonyl (C=O) groups is 1. The highest BCUT2D eigenvalue weighted by Gasteiger charge is 2.14. The zero-order valence-corrected chi connectivity index (χ0v) is 10.7. The average Bonchev–Trinajstić information content (AvgIpc) is 2.76. The van der Waals surface area contributed by atoms with E-state index in [1.807, 2.05) is 25.1 Å². The van der Waals surface area contributed by atoms with E-state index in [-0.39, 0.29) is 5.76 Å². The number of aryl methyl sites for hydroxylation is 1. The van der Waals surface area contributed by atoms with Crippen LogP contribution in [0, 0.1) is 6.92 Å². The number of thioether (sulfide) groups is 1. The second-order valence-electron chi connectivity index (χ2n) is 3.91. The van der Waals surface area contributed by atoms with E-state index in [0.717, 1.165) is 10.5 Å². The van der Waals surface area contributed by atoms with E-state index in [1.54, 1.807) is 6.07 Å². The molecule has 0 fully saturated rings. The van der Waals surface area contributed by atoms with Crippen molar-refractivity contribution in [3.8, 4) is 0 Å². The number of rotatable bonds is 4. The van der Waals surface area contributed by atoms with Gasteiger partial charge in [0, 0.05) is 21.9 Å². The Morgan fingerprint density at radius 2 is 2.22 bits per heavy atom. The molecule has 5 heteroatoms. The van der Waals surface area contributed by atoms with Crippen molar-refractivity contribution in [2.75, 3.05) is 5.73 Å². The first-order chi connectivity index (χ1) is 8.58. The minimum Gasteiger partial charge on any atom is -0.475 e. The van der Waals surface area contributed by atoms with Crippen LogP contribution >= 0.6 is 11.8 Å². The maximum Gasteiger partial charge on any atom is 0.372 e. The topological polar surface area (TPSA) is 76.5 Å². The maximum absolute atomic E-state index is 10.9. The summed E-state index contributed by atoms with van der Waals surface area (Å²) in [6.07, 6.45) is 1.39. The molecule has 0 atom stereocenters. The van der Waals surface area contributed by atoms with Gasteiger partial charge in [-0.3, -0.25) is 0 Å². The molecule has 18 heavy (non-hydrogen) atoms. The molecule has 1 heterocycles. The van der Waals surface area contributed by atoms with Crippen LogP contribution < -0.4 is 5.73 Å². The standard InChI is InChI=1S/C13H13NO3S/c1-8-2-3-11(10(14)6-8)18-7-9-4-5-17-12(9)13(15)16/h2-6H,7,14H2,1H3,(H,15,16). The quantitative estimate of drug-likeness (QED) is 0.654. The first-order valence-electron chi connectivity index (χ1n) is 5.36. The number of hydrogen-bond donors (Lipinski definition) is 2. The molecule has 0 radical (unpaired) electrons. The lowest BCUT2D eigenvalue weighted by atomic mass is 10.2. The fraction of sp³-hybridized carbons (Fsp3) is 0.154. The molecule has 94 valence electrons. The Morgan fingerprint density at radius 3 is 2.89 bits per heavy atom. The summed E-state index contributed by atoms with van der Waals surface area (Å²) in [5.41, 5.74) is 8.37. The van der Waals surface area contributed by atoms with Crippen LogP contribution in [0.25, 0.3) is 0 Å². The van der Waals surface area contributed by atoms with Crippen LogP contribution in [0.5, 0.6) is 0 Å². The summed E-state index contributed by atoms with van der Waals surface area (Å²) in [6.45, 7) is 1.98. The van der Waals surface area contributed by atoms with Gasteiger partial charge in [-0.15, -0.1) is 11.8 Å². The summed E-state index contributed by atoms with van der Waals surface area (Å²) in [5.74, 6) is -0.536. The average molecular weight is 263 g/mol. The molecule has 0 saturated heterocycles. The molecule has 4 nitrogen and oxygen atoms in total. The molecule has 0 aliphatic rings. The molecule has 0 amide bonds. The zero-order chi connectivity index (χ0) is 13.1. The lowest BCUT2D eigenvalue weighted by Crippen LogP contribution is -1.98. The molecule has 1 aromatic heterocycles. The fourth-order valence-corrected chi connectivity index (χ4v) is 2.52. The van der Waals surface area contributed by atoms with E-state index in [0.29, 0.717) is 17.0 Å². The molecule has 0 spiro atoms. The Bertz CT molecular complexity index is 577. The molecular weight excluding hydrogens is 250 g/mol. The highest BCUT2D eigenvalue weighted by atomic mass is 32.2. The van der Waals surface area contributed by atoms with Crippen molar-refractivity contribution >= 4 is 23.4 Å². The number of hydrogen-bond acceptors (Lipinski definition) is 4. The van der Waals surface area contributed by atoms with Gasteiger partial charge in [0.05, 0.1) is 6.26 Å². The van der Waals surface area contributed by atoms with Gasteiger partial charge >= 0.3 is 5.97 Å². The summed E-state index contributed by atoms with van der Waals surface area (Å²) in [6, 6.07) is 7.48. The molecule has 0 saturated carbocycles. The molecule has 0 bridgehead atoms. The first kappa shape index (κ1) is 12.6. The van der Waals surface area contributed by atoms with E-state index < -0.39 is 5.97 Å². The number of carboxylic acids is 1. The lowest BCUT2D eigenvalue weighted by molar-refractivity contribution is 0.0661. The SMILES string of the molecule is Cc1ccc(SCc2ccoc2C(=O)O)c(N)c1. The second-order valence-corrected chi connectivity index (χ2v) is 4.93. The van der Waals surface area contributed by atoms with Crippen molar-refractivity contribution in [1.29, 1.82) is 0 Å². The largest absolute Gasteiger partial charge is 0.475 e. The van der Waals surface area contributed by atoms with Crippen LogP contribution in [0.4, 0.5) is 5.69 Å². The Kier molecular flexibility index (Phi) is 3.62. The molecule has 2 rings (SSSR count). The van der Waals surface area contributed by atoms with Gasteiger partial charge in [-0.25, -0.2) is 4.79 Å². The summed E-state index contributed by atoms with van der Waals surface area (Å²) in [4.78, 5) is 11.8. The molecule has 3 N–H and O–H groups in total. The van der Waals surface area contributed by atoms with Crippen molar-refractivity contribution in [1.82, 2.24) is 0 Å². The van der Waals surface area contributed by atoms with E-state index in [1.165, 1.54) is 18.0 Å². The monoisotopic (exact) mass is 263 g/mol. The van der Waals surface area contributed by atoms with E-state index >= 15 is 0 Å². The molecule has 0 aliphatic heterocycles. The van der Waals surface area contributed by atoms with Gasteiger partial charge < -0.3 is 15.3 Å². The molecule has 0 unspecified atom stereocenters. The van der Waals surface area contributed by atoms with Crippen LogP contribution in [0.3, 0.4) is 0 Å². The highest BCUT2D eigenvalue weighted by Crippen LogP contribution is 2.30. The lowest BCUT2D eigenvalue weighted by Gasteiger charge is -2.05. The zero-order valence-electron chi connectivity index (χ0n) is 9.84. The summed E-state index contributed by atoms with van der Waals surface area (Å²) >= 11 is 1.50. The highest BCUT2D eigenvalue weighted by molar-refractivity contribution is 7.98. The number of anilines is 1. The van der Waals surface area contributed by atoms with E-state index in [9.17, 15) is 4.79 Å². The van der Waals surface area contributed by atoms with Crippen LogP contribution in [0.15, 0.2) is 39.8 Å². The molecule has 1 aromatic carbocycles. The summed E-state index contributed by atoms with van der Waals surface area (Å²) in [5, 5.41) is 8.92. The first-order valence-corrected chi connectivity index (χ1v) is 6.35. The number of aromatic carboxylic acids is 1. The third-order valence-corrected chi connectivity index (χ3v) is 3.63. The summed E-state index contributed by atoms with van der Waals surface area (Å²) in [7, 11) is 0. The molecular formula is C13H13NO3S. The normalized spacial score (nSPS) is 10.5. The number of benzene rings is 1. The van der Waals surface area contributed by atoms with Crippen LogP contribution in [-0.4, -0.2) is 11.1 Å².